The van der Waals surface area contributed by atoms with Crippen LogP contribution in [0, 0.1) is 23.7 Å². The Bertz CT molecular complexity index is 159. The average Bonchev–Trinajstić information content (AvgIpc) is 1.85. The first kappa shape index (κ1) is 11.5. The highest BCUT2D eigenvalue weighted by atomic mass is 14.6. The van der Waals surface area contributed by atoms with Crippen LogP contribution >= 0.6 is 0 Å². The Hall–Kier alpha value is -0.480. The van der Waals surface area contributed by atoms with E-state index < -0.39 is 0 Å². The molecule has 1 heteroatoms. The van der Waals surface area contributed by atoms with Gasteiger partial charge in [0.1, 0.15) is 0 Å². The van der Waals surface area contributed by atoms with Crippen molar-refractivity contribution >= 4 is 0 Å². The zero-order chi connectivity index (χ0) is 9.78. The van der Waals surface area contributed by atoms with E-state index in [1.807, 2.05) is 0 Å². The van der Waals surface area contributed by atoms with Crippen LogP contribution in [0.25, 0.3) is 0 Å². The maximum absolute atomic E-state index is 5.84. The van der Waals surface area contributed by atoms with Crippen LogP contribution < -0.4 is 5.73 Å². The molecule has 0 aliphatic heterocycles. The highest BCUT2D eigenvalue weighted by molar-refractivity contribution is 4.89. The summed E-state index contributed by atoms with van der Waals surface area (Å²) in [7, 11) is 0. The third-order valence-corrected chi connectivity index (χ3v) is 2.51. The number of hydrogen-bond acceptors (Lipinski definition) is 1. The molecule has 0 radical (unpaired) electrons. The zero-order valence-electron chi connectivity index (χ0n) is 8.72. The predicted octanol–water partition coefficient (Wildman–Crippen LogP) is 2.41. The topological polar surface area (TPSA) is 26.0 Å². The molecular formula is C11H21N. The largest absolute Gasteiger partial charge is 0.327 e. The fourth-order valence-corrected chi connectivity index (χ4v) is 1.04. The molecule has 0 spiro atoms. The van der Waals surface area contributed by atoms with Gasteiger partial charge < -0.3 is 5.73 Å². The SMILES string of the molecule is C#CCC(N)CC(C)C(C)(C)C. The molecule has 2 atom stereocenters. The standard InChI is InChI=1S/C11H21N/c1-6-7-10(12)8-9(2)11(3,4)5/h1,9-10H,7-8,12H2,2-5H3. The van der Waals surface area contributed by atoms with E-state index in [-0.39, 0.29) is 6.04 Å². The normalized spacial score (nSPS) is 16.7. The van der Waals surface area contributed by atoms with Crippen molar-refractivity contribution < 1.29 is 0 Å². The van der Waals surface area contributed by atoms with Gasteiger partial charge in [-0.2, -0.15) is 0 Å². The molecule has 0 heterocycles. The lowest BCUT2D eigenvalue weighted by atomic mass is 9.78. The Balaban J connectivity index is 3.86. The fourth-order valence-electron chi connectivity index (χ4n) is 1.04. The molecule has 2 N–H and O–H groups in total. The van der Waals surface area contributed by atoms with Crippen molar-refractivity contribution in [2.24, 2.45) is 17.1 Å². The van der Waals surface area contributed by atoms with E-state index in [1.165, 1.54) is 0 Å². The third-order valence-electron chi connectivity index (χ3n) is 2.51. The molecule has 1 nitrogen and oxygen atoms in total. The van der Waals surface area contributed by atoms with E-state index in [0.29, 0.717) is 17.8 Å². The summed E-state index contributed by atoms with van der Waals surface area (Å²) in [4.78, 5) is 0. The Kier molecular flexibility index (Phi) is 4.34. The van der Waals surface area contributed by atoms with Gasteiger partial charge in [-0.25, -0.2) is 0 Å². The van der Waals surface area contributed by atoms with Gasteiger partial charge in [0.05, 0.1) is 0 Å². The van der Waals surface area contributed by atoms with Gasteiger partial charge >= 0.3 is 0 Å². The molecule has 0 bridgehead atoms. The molecule has 0 fully saturated rings. The second-order valence-electron chi connectivity index (χ2n) is 4.67. The van der Waals surface area contributed by atoms with Crippen LogP contribution in [0.4, 0.5) is 0 Å². The average molecular weight is 167 g/mol. The van der Waals surface area contributed by atoms with Crippen molar-refractivity contribution in [1.29, 1.82) is 0 Å². The van der Waals surface area contributed by atoms with E-state index in [9.17, 15) is 0 Å². The Labute approximate surface area is 76.7 Å². The van der Waals surface area contributed by atoms with Gasteiger partial charge in [-0.05, 0) is 17.8 Å². The molecule has 0 amide bonds. The summed E-state index contributed by atoms with van der Waals surface area (Å²) in [6.45, 7) is 8.94. The van der Waals surface area contributed by atoms with E-state index >= 15 is 0 Å². The smallest absolute Gasteiger partial charge is 0.0238 e. The lowest BCUT2D eigenvalue weighted by molar-refractivity contribution is 0.234. The first-order chi connectivity index (χ1) is 5.38. The van der Waals surface area contributed by atoms with Gasteiger partial charge in [0.15, 0.2) is 0 Å². The highest BCUT2D eigenvalue weighted by Gasteiger charge is 2.21. The van der Waals surface area contributed by atoms with Crippen molar-refractivity contribution in [3.8, 4) is 12.3 Å². The summed E-state index contributed by atoms with van der Waals surface area (Å²) in [5.41, 5.74) is 6.18. The molecule has 0 aliphatic carbocycles. The predicted molar refractivity (Wildman–Crippen MR) is 54.7 cm³/mol. The lowest BCUT2D eigenvalue weighted by Crippen LogP contribution is -2.28. The summed E-state index contributed by atoms with van der Waals surface area (Å²) in [5, 5.41) is 0. The third kappa shape index (κ3) is 4.41. The summed E-state index contributed by atoms with van der Waals surface area (Å²) >= 11 is 0. The molecular weight excluding hydrogens is 146 g/mol. The minimum Gasteiger partial charge on any atom is -0.327 e. The molecule has 12 heavy (non-hydrogen) atoms. The first-order valence-electron chi connectivity index (χ1n) is 4.57. The molecule has 0 saturated carbocycles. The van der Waals surface area contributed by atoms with Gasteiger partial charge in [-0.15, -0.1) is 12.3 Å². The Morgan fingerprint density at radius 3 is 2.25 bits per heavy atom. The monoisotopic (exact) mass is 167 g/mol. The van der Waals surface area contributed by atoms with Crippen LogP contribution in [-0.4, -0.2) is 6.04 Å². The molecule has 0 aromatic heterocycles. The molecule has 70 valence electrons. The van der Waals surface area contributed by atoms with Crippen molar-refractivity contribution in [1.82, 2.24) is 0 Å². The summed E-state index contributed by atoms with van der Waals surface area (Å²) in [6.07, 6.45) is 6.90. The molecule has 2 unspecified atom stereocenters. The lowest BCUT2D eigenvalue weighted by Gasteiger charge is -2.28. The van der Waals surface area contributed by atoms with E-state index in [4.69, 9.17) is 12.2 Å². The van der Waals surface area contributed by atoms with Crippen LogP contribution in [0.15, 0.2) is 0 Å². The minimum absolute atomic E-state index is 0.171. The minimum atomic E-state index is 0.171. The Morgan fingerprint density at radius 1 is 1.42 bits per heavy atom. The molecule has 0 rings (SSSR count). The van der Waals surface area contributed by atoms with Crippen LogP contribution in [0.5, 0.6) is 0 Å². The summed E-state index contributed by atoms with van der Waals surface area (Å²) < 4.78 is 0. The highest BCUT2D eigenvalue weighted by Crippen LogP contribution is 2.28. The summed E-state index contributed by atoms with van der Waals surface area (Å²) in [5.74, 6) is 3.23. The number of rotatable bonds is 3. The van der Waals surface area contributed by atoms with E-state index in [1.54, 1.807) is 0 Å². The van der Waals surface area contributed by atoms with E-state index in [2.05, 4.69) is 33.6 Å². The number of terminal acetylenes is 1. The van der Waals surface area contributed by atoms with Crippen molar-refractivity contribution in [2.45, 2.75) is 46.6 Å². The van der Waals surface area contributed by atoms with Gasteiger partial charge in [0, 0.05) is 12.5 Å². The Morgan fingerprint density at radius 2 is 1.92 bits per heavy atom. The van der Waals surface area contributed by atoms with Crippen molar-refractivity contribution in [3.05, 3.63) is 0 Å². The second-order valence-corrected chi connectivity index (χ2v) is 4.67. The van der Waals surface area contributed by atoms with Gasteiger partial charge in [-0.1, -0.05) is 27.7 Å². The van der Waals surface area contributed by atoms with Crippen LogP contribution in [0.3, 0.4) is 0 Å². The zero-order valence-corrected chi connectivity index (χ0v) is 8.72. The van der Waals surface area contributed by atoms with Crippen LogP contribution in [-0.2, 0) is 0 Å². The molecule has 0 aromatic carbocycles. The number of nitrogens with two attached hydrogens (primary N) is 1. The second kappa shape index (κ2) is 4.52. The maximum atomic E-state index is 5.84. The first-order valence-corrected chi connectivity index (χ1v) is 4.57. The molecule has 0 saturated heterocycles. The quantitative estimate of drug-likeness (QED) is 0.642. The fraction of sp³-hybridized carbons (Fsp3) is 0.818. The van der Waals surface area contributed by atoms with Gasteiger partial charge in [0.2, 0.25) is 0 Å². The molecule has 0 aliphatic rings. The van der Waals surface area contributed by atoms with Crippen LogP contribution in [0.2, 0.25) is 0 Å². The van der Waals surface area contributed by atoms with Crippen molar-refractivity contribution in [3.63, 3.8) is 0 Å². The van der Waals surface area contributed by atoms with Crippen molar-refractivity contribution in [2.75, 3.05) is 0 Å². The van der Waals surface area contributed by atoms with E-state index in [0.717, 1.165) is 6.42 Å². The van der Waals surface area contributed by atoms with Crippen LogP contribution in [0.1, 0.15) is 40.5 Å². The van der Waals surface area contributed by atoms with Gasteiger partial charge in [-0.3, -0.25) is 0 Å². The molecule has 0 aromatic rings. The van der Waals surface area contributed by atoms with Gasteiger partial charge in [0.25, 0.3) is 0 Å². The number of hydrogen-bond donors (Lipinski definition) is 1. The maximum Gasteiger partial charge on any atom is 0.0238 e. The summed E-state index contributed by atoms with van der Waals surface area (Å²) in [6, 6.07) is 0.171.